The average Bonchev–Trinajstić information content (AvgIpc) is 3.00. The van der Waals surface area contributed by atoms with Crippen molar-refractivity contribution in [2.24, 2.45) is 5.73 Å². The molecule has 1 fully saturated rings. The van der Waals surface area contributed by atoms with Gasteiger partial charge in [-0.25, -0.2) is 4.39 Å². The lowest BCUT2D eigenvalue weighted by atomic mass is 10.0. The van der Waals surface area contributed by atoms with Crippen LogP contribution in [-0.4, -0.2) is 6.67 Å². The molecule has 1 aromatic carbocycles. The van der Waals surface area contributed by atoms with Gasteiger partial charge in [-0.2, -0.15) is 0 Å². The summed E-state index contributed by atoms with van der Waals surface area (Å²) in [6.07, 6.45) is 2.60. The maximum Gasteiger partial charge on any atom is 0.109 e. The Labute approximate surface area is 77.8 Å². The normalized spacial score (nSPS) is 18.6. The van der Waals surface area contributed by atoms with Crippen LogP contribution in [0.1, 0.15) is 35.9 Å². The molecule has 1 nitrogen and oxygen atoms in total. The number of nitrogens with two attached hydrogens (primary N) is 1. The summed E-state index contributed by atoms with van der Waals surface area (Å²) in [5.41, 5.74) is 7.83. The minimum atomic E-state index is -0.483. The summed E-state index contributed by atoms with van der Waals surface area (Å²) in [5, 5.41) is 0. The molecule has 0 saturated heterocycles. The van der Waals surface area contributed by atoms with Crippen molar-refractivity contribution in [3.8, 4) is 0 Å². The minimum absolute atomic E-state index is 0.451. The fourth-order valence-corrected chi connectivity index (χ4v) is 1.52. The third-order valence-corrected chi connectivity index (χ3v) is 2.58. The molecule has 2 rings (SSSR count). The van der Waals surface area contributed by atoms with Gasteiger partial charge in [-0.15, -0.1) is 0 Å². The van der Waals surface area contributed by atoms with Crippen LogP contribution >= 0.6 is 0 Å². The maximum absolute atomic E-state index is 12.2. The number of hydrogen-bond acceptors (Lipinski definition) is 1. The monoisotopic (exact) mass is 179 g/mol. The van der Waals surface area contributed by atoms with Crippen molar-refractivity contribution in [3.05, 3.63) is 35.4 Å². The molecule has 70 valence electrons. The molecular weight excluding hydrogens is 165 g/mol. The van der Waals surface area contributed by atoms with Crippen LogP contribution in [-0.2, 0) is 0 Å². The summed E-state index contributed by atoms with van der Waals surface area (Å²) in [4.78, 5) is 0. The maximum atomic E-state index is 12.2. The van der Waals surface area contributed by atoms with E-state index in [-0.39, 0.29) is 0 Å². The van der Waals surface area contributed by atoms with Crippen molar-refractivity contribution in [3.63, 3.8) is 0 Å². The Morgan fingerprint density at radius 3 is 2.38 bits per heavy atom. The van der Waals surface area contributed by atoms with Crippen molar-refractivity contribution >= 4 is 0 Å². The molecule has 1 saturated carbocycles. The molecule has 1 unspecified atom stereocenters. The van der Waals surface area contributed by atoms with E-state index in [0.717, 1.165) is 11.5 Å². The van der Waals surface area contributed by atoms with E-state index in [2.05, 4.69) is 12.1 Å². The Bertz CT molecular complexity index is 277. The van der Waals surface area contributed by atoms with Crippen LogP contribution in [0, 0.1) is 0 Å². The summed E-state index contributed by atoms with van der Waals surface area (Å²) in [7, 11) is 0. The molecule has 1 aliphatic carbocycles. The molecule has 0 bridgehead atoms. The van der Waals surface area contributed by atoms with E-state index in [1.54, 1.807) is 0 Å². The molecule has 0 radical (unpaired) electrons. The van der Waals surface area contributed by atoms with Crippen molar-refractivity contribution in [1.29, 1.82) is 0 Å². The first-order chi connectivity index (χ1) is 6.31. The molecule has 2 N–H and O–H groups in total. The molecule has 0 spiro atoms. The van der Waals surface area contributed by atoms with E-state index in [1.807, 2.05) is 12.1 Å². The fraction of sp³-hybridized carbons (Fsp3) is 0.455. The third kappa shape index (κ3) is 1.89. The molecule has 0 heterocycles. The van der Waals surface area contributed by atoms with Gasteiger partial charge in [0.25, 0.3) is 0 Å². The van der Waals surface area contributed by atoms with Crippen molar-refractivity contribution < 1.29 is 4.39 Å². The predicted octanol–water partition coefficient (Wildman–Crippen LogP) is 2.53. The highest BCUT2D eigenvalue weighted by Gasteiger charge is 2.23. The quantitative estimate of drug-likeness (QED) is 0.758. The van der Waals surface area contributed by atoms with Gasteiger partial charge in [0.2, 0.25) is 0 Å². The second-order valence-electron chi connectivity index (χ2n) is 3.70. The van der Waals surface area contributed by atoms with E-state index in [1.165, 1.54) is 18.4 Å². The molecular formula is C11H14FN. The number of halogens is 1. The number of alkyl halides is 1. The van der Waals surface area contributed by atoms with Gasteiger partial charge in [-0.1, -0.05) is 24.3 Å². The van der Waals surface area contributed by atoms with Crippen LogP contribution in [0.5, 0.6) is 0 Å². The topological polar surface area (TPSA) is 26.0 Å². The highest BCUT2D eigenvalue weighted by Crippen LogP contribution is 2.40. The van der Waals surface area contributed by atoms with Crippen LogP contribution in [0.2, 0.25) is 0 Å². The molecule has 2 heteroatoms. The van der Waals surface area contributed by atoms with Crippen molar-refractivity contribution in [2.75, 3.05) is 6.67 Å². The van der Waals surface area contributed by atoms with E-state index in [4.69, 9.17) is 5.73 Å². The van der Waals surface area contributed by atoms with Gasteiger partial charge < -0.3 is 5.73 Å². The van der Waals surface area contributed by atoms with Gasteiger partial charge in [-0.3, -0.25) is 0 Å². The average molecular weight is 179 g/mol. The zero-order chi connectivity index (χ0) is 9.26. The summed E-state index contributed by atoms with van der Waals surface area (Å²) in [5.74, 6) is 0.760. The standard InChI is InChI=1S/C11H14FN/c12-7-11(13)10-5-3-9(4-6-10)8-1-2-8/h3-6,8,11H,1-2,7,13H2. The predicted molar refractivity (Wildman–Crippen MR) is 51.3 cm³/mol. The lowest BCUT2D eigenvalue weighted by Gasteiger charge is -2.07. The Kier molecular flexibility index (Phi) is 2.32. The first kappa shape index (κ1) is 8.70. The second-order valence-corrected chi connectivity index (χ2v) is 3.70. The number of rotatable bonds is 3. The Hall–Kier alpha value is -0.890. The van der Waals surface area contributed by atoms with Crippen molar-refractivity contribution in [1.82, 2.24) is 0 Å². The zero-order valence-corrected chi connectivity index (χ0v) is 7.54. The molecule has 0 aromatic heterocycles. The largest absolute Gasteiger partial charge is 0.322 e. The van der Waals surface area contributed by atoms with Crippen molar-refractivity contribution in [2.45, 2.75) is 24.8 Å². The molecule has 0 amide bonds. The van der Waals surface area contributed by atoms with Gasteiger partial charge >= 0.3 is 0 Å². The molecule has 13 heavy (non-hydrogen) atoms. The fourth-order valence-electron chi connectivity index (χ4n) is 1.52. The van der Waals surface area contributed by atoms with Crippen LogP contribution in [0.25, 0.3) is 0 Å². The molecule has 1 aromatic rings. The van der Waals surface area contributed by atoms with Gasteiger partial charge in [0.05, 0.1) is 6.04 Å². The zero-order valence-electron chi connectivity index (χ0n) is 7.54. The van der Waals surface area contributed by atoms with E-state index in [9.17, 15) is 4.39 Å². The van der Waals surface area contributed by atoms with Gasteiger partial charge in [0.1, 0.15) is 6.67 Å². The molecule has 0 aliphatic heterocycles. The van der Waals surface area contributed by atoms with Gasteiger partial charge in [0, 0.05) is 0 Å². The highest BCUT2D eigenvalue weighted by atomic mass is 19.1. The number of benzene rings is 1. The van der Waals surface area contributed by atoms with Crippen LogP contribution in [0.4, 0.5) is 4.39 Å². The Morgan fingerprint density at radius 2 is 1.92 bits per heavy atom. The van der Waals surface area contributed by atoms with Crippen LogP contribution in [0.15, 0.2) is 24.3 Å². The summed E-state index contributed by atoms with van der Waals surface area (Å²) in [6, 6.07) is 7.58. The summed E-state index contributed by atoms with van der Waals surface area (Å²) in [6.45, 7) is -0.483. The van der Waals surface area contributed by atoms with Crippen LogP contribution < -0.4 is 5.73 Å². The van der Waals surface area contributed by atoms with E-state index >= 15 is 0 Å². The lowest BCUT2D eigenvalue weighted by Crippen LogP contribution is -2.11. The Balaban J connectivity index is 2.12. The summed E-state index contributed by atoms with van der Waals surface area (Å²) >= 11 is 0. The first-order valence-electron chi connectivity index (χ1n) is 4.72. The smallest absolute Gasteiger partial charge is 0.109 e. The second kappa shape index (κ2) is 3.46. The molecule has 1 atom stereocenters. The minimum Gasteiger partial charge on any atom is -0.322 e. The SMILES string of the molecule is NC(CF)c1ccc(C2CC2)cc1. The highest BCUT2D eigenvalue weighted by molar-refractivity contribution is 5.29. The first-order valence-corrected chi connectivity index (χ1v) is 4.72. The van der Waals surface area contributed by atoms with Gasteiger partial charge in [-0.05, 0) is 29.9 Å². The molecule has 1 aliphatic rings. The van der Waals surface area contributed by atoms with E-state index in [0.29, 0.717) is 0 Å². The van der Waals surface area contributed by atoms with Gasteiger partial charge in [0.15, 0.2) is 0 Å². The third-order valence-electron chi connectivity index (χ3n) is 2.58. The van der Waals surface area contributed by atoms with E-state index < -0.39 is 12.7 Å². The van der Waals surface area contributed by atoms with Crippen LogP contribution in [0.3, 0.4) is 0 Å². The summed E-state index contributed by atoms with van der Waals surface area (Å²) < 4.78 is 12.2. The lowest BCUT2D eigenvalue weighted by molar-refractivity contribution is 0.437. The Morgan fingerprint density at radius 1 is 1.31 bits per heavy atom. The number of hydrogen-bond donors (Lipinski definition) is 1.